The number of benzene rings is 1. The molecule has 2 heteroatoms. The average Bonchev–Trinajstić information content (AvgIpc) is 2.64. The molecule has 0 heterocycles. The van der Waals surface area contributed by atoms with Crippen LogP contribution in [0.2, 0.25) is 0 Å². The summed E-state index contributed by atoms with van der Waals surface area (Å²) < 4.78 is 6.01. The molecule has 1 aliphatic carbocycles. The van der Waals surface area contributed by atoms with Crippen LogP contribution in [0.3, 0.4) is 0 Å². The van der Waals surface area contributed by atoms with E-state index in [1.807, 2.05) is 24.3 Å². The zero-order valence-corrected chi connectivity index (χ0v) is 9.76. The van der Waals surface area contributed by atoms with Gasteiger partial charge in [0.2, 0.25) is 0 Å². The maximum atomic E-state index is 9.40. The first-order valence-electron chi connectivity index (χ1n) is 5.68. The number of hydrogen-bond acceptors (Lipinski definition) is 2. The molecule has 86 valence electrons. The Bertz CT molecular complexity index is 368. The Balaban J connectivity index is 2.06. The standard InChI is InChI=1S/C14H18O2/c1-14(2,11-6-4-3-5-7-11)16-13-9-8-12(15)10-13/h3-9,12-13,15H,10H2,1-2H3/t12-,13-/m0/s1. The van der Waals surface area contributed by atoms with Crippen molar-refractivity contribution in [3.8, 4) is 0 Å². The number of aliphatic hydroxyl groups excluding tert-OH is 1. The van der Waals surface area contributed by atoms with E-state index in [2.05, 4.69) is 26.0 Å². The average molecular weight is 218 g/mol. The van der Waals surface area contributed by atoms with Crippen molar-refractivity contribution >= 4 is 0 Å². The monoisotopic (exact) mass is 218 g/mol. The van der Waals surface area contributed by atoms with Crippen molar-refractivity contribution < 1.29 is 9.84 Å². The zero-order valence-electron chi connectivity index (χ0n) is 9.76. The molecule has 0 bridgehead atoms. The highest BCUT2D eigenvalue weighted by molar-refractivity contribution is 5.21. The van der Waals surface area contributed by atoms with Crippen molar-refractivity contribution in [2.45, 2.75) is 38.1 Å². The van der Waals surface area contributed by atoms with Gasteiger partial charge in [-0.1, -0.05) is 42.5 Å². The highest BCUT2D eigenvalue weighted by Crippen LogP contribution is 2.29. The topological polar surface area (TPSA) is 29.5 Å². The van der Waals surface area contributed by atoms with E-state index in [1.54, 1.807) is 6.08 Å². The van der Waals surface area contributed by atoms with E-state index in [-0.39, 0.29) is 17.8 Å². The highest BCUT2D eigenvalue weighted by atomic mass is 16.5. The van der Waals surface area contributed by atoms with E-state index in [1.165, 1.54) is 0 Å². The van der Waals surface area contributed by atoms with Gasteiger partial charge >= 0.3 is 0 Å². The van der Waals surface area contributed by atoms with Gasteiger partial charge in [-0.25, -0.2) is 0 Å². The van der Waals surface area contributed by atoms with E-state index in [0.717, 1.165) is 5.56 Å². The van der Waals surface area contributed by atoms with Crippen LogP contribution >= 0.6 is 0 Å². The molecule has 1 aromatic rings. The Labute approximate surface area is 96.6 Å². The summed E-state index contributed by atoms with van der Waals surface area (Å²) in [6, 6.07) is 10.2. The van der Waals surface area contributed by atoms with Gasteiger partial charge in [0.15, 0.2) is 0 Å². The van der Waals surface area contributed by atoms with E-state index in [0.29, 0.717) is 6.42 Å². The van der Waals surface area contributed by atoms with Crippen molar-refractivity contribution in [2.75, 3.05) is 0 Å². The number of hydrogen-bond donors (Lipinski definition) is 1. The lowest BCUT2D eigenvalue weighted by molar-refractivity contribution is -0.0616. The second-order valence-electron chi connectivity index (χ2n) is 4.72. The first kappa shape index (κ1) is 11.4. The lowest BCUT2D eigenvalue weighted by Crippen LogP contribution is -2.27. The molecule has 0 unspecified atom stereocenters. The quantitative estimate of drug-likeness (QED) is 0.790. The molecule has 2 atom stereocenters. The fraction of sp³-hybridized carbons (Fsp3) is 0.429. The van der Waals surface area contributed by atoms with E-state index in [4.69, 9.17) is 4.74 Å². The van der Waals surface area contributed by atoms with Crippen LogP contribution in [0.4, 0.5) is 0 Å². The fourth-order valence-corrected chi connectivity index (χ4v) is 2.02. The molecule has 0 saturated carbocycles. The minimum atomic E-state index is -0.350. The molecule has 1 aliphatic rings. The molecule has 0 amide bonds. The lowest BCUT2D eigenvalue weighted by atomic mass is 9.98. The first-order chi connectivity index (χ1) is 7.58. The van der Waals surface area contributed by atoms with Crippen LogP contribution in [0.5, 0.6) is 0 Å². The van der Waals surface area contributed by atoms with Gasteiger partial charge in [0.25, 0.3) is 0 Å². The molecular formula is C14H18O2. The second kappa shape index (κ2) is 4.40. The van der Waals surface area contributed by atoms with E-state index < -0.39 is 0 Å². The Morgan fingerprint density at radius 1 is 1.19 bits per heavy atom. The van der Waals surface area contributed by atoms with Crippen molar-refractivity contribution in [1.82, 2.24) is 0 Å². The predicted octanol–water partition coefficient (Wildman–Crippen LogP) is 2.63. The number of rotatable bonds is 3. The summed E-state index contributed by atoms with van der Waals surface area (Å²) in [4.78, 5) is 0. The third-order valence-corrected chi connectivity index (χ3v) is 2.94. The van der Waals surface area contributed by atoms with Crippen LogP contribution in [0.15, 0.2) is 42.5 Å². The van der Waals surface area contributed by atoms with Gasteiger partial charge in [0.05, 0.1) is 17.8 Å². The van der Waals surface area contributed by atoms with Crippen molar-refractivity contribution in [3.05, 3.63) is 48.0 Å². The van der Waals surface area contributed by atoms with Gasteiger partial charge in [0, 0.05) is 6.42 Å². The Morgan fingerprint density at radius 2 is 1.88 bits per heavy atom. The highest BCUT2D eigenvalue weighted by Gasteiger charge is 2.27. The molecule has 0 saturated heterocycles. The molecule has 0 aromatic heterocycles. The molecular weight excluding hydrogens is 200 g/mol. The summed E-state index contributed by atoms with van der Waals surface area (Å²) in [5.41, 5.74) is 0.838. The normalized spacial score (nSPS) is 24.9. The van der Waals surface area contributed by atoms with Gasteiger partial charge in [-0.2, -0.15) is 0 Å². The summed E-state index contributed by atoms with van der Waals surface area (Å²) in [5, 5.41) is 9.40. The number of aliphatic hydroxyl groups is 1. The number of ether oxygens (including phenoxy) is 1. The van der Waals surface area contributed by atoms with Crippen LogP contribution in [0, 0.1) is 0 Å². The summed E-state index contributed by atoms with van der Waals surface area (Å²) in [6.07, 6.45) is 4.07. The summed E-state index contributed by atoms with van der Waals surface area (Å²) in [6.45, 7) is 4.11. The van der Waals surface area contributed by atoms with Crippen molar-refractivity contribution in [2.24, 2.45) is 0 Å². The summed E-state index contributed by atoms with van der Waals surface area (Å²) in [5.74, 6) is 0. The van der Waals surface area contributed by atoms with Crippen LogP contribution < -0.4 is 0 Å². The zero-order chi connectivity index (χ0) is 11.6. The molecule has 2 rings (SSSR count). The van der Waals surface area contributed by atoms with E-state index in [9.17, 15) is 5.11 Å². The maximum absolute atomic E-state index is 9.40. The van der Waals surface area contributed by atoms with Crippen LogP contribution in [-0.2, 0) is 10.3 Å². The largest absolute Gasteiger partial charge is 0.389 e. The molecule has 0 radical (unpaired) electrons. The third kappa shape index (κ3) is 2.52. The minimum absolute atomic E-state index is 0.0187. The first-order valence-corrected chi connectivity index (χ1v) is 5.68. The molecule has 1 aromatic carbocycles. The molecule has 0 aliphatic heterocycles. The molecule has 2 nitrogen and oxygen atoms in total. The van der Waals surface area contributed by atoms with Gasteiger partial charge in [-0.15, -0.1) is 0 Å². The predicted molar refractivity (Wildman–Crippen MR) is 64.1 cm³/mol. The van der Waals surface area contributed by atoms with E-state index >= 15 is 0 Å². The van der Waals surface area contributed by atoms with Gasteiger partial charge in [-0.3, -0.25) is 0 Å². The van der Waals surface area contributed by atoms with Gasteiger partial charge < -0.3 is 9.84 Å². The maximum Gasteiger partial charge on any atom is 0.0883 e. The molecule has 0 fully saturated rings. The Hall–Kier alpha value is -1.12. The van der Waals surface area contributed by atoms with Gasteiger partial charge in [-0.05, 0) is 19.4 Å². The third-order valence-electron chi connectivity index (χ3n) is 2.94. The molecule has 1 N–H and O–H groups in total. The molecule has 16 heavy (non-hydrogen) atoms. The van der Waals surface area contributed by atoms with Crippen LogP contribution in [0.25, 0.3) is 0 Å². The van der Waals surface area contributed by atoms with Gasteiger partial charge in [0.1, 0.15) is 0 Å². The second-order valence-corrected chi connectivity index (χ2v) is 4.72. The Morgan fingerprint density at radius 3 is 2.44 bits per heavy atom. The minimum Gasteiger partial charge on any atom is -0.389 e. The SMILES string of the molecule is CC(C)(O[C@H]1C=C[C@H](O)C1)c1ccccc1. The smallest absolute Gasteiger partial charge is 0.0883 e. The summed E-state index contributed by atoms with van der Waals surface area (Å²) in [7, 11) is 0. The van der Waals surface area contributed by atoms with Crippen LogP contribution in [0.1, 0.15) is 25.8 Å². The molecule has 0 spiro atoms. The van der Waals surface area contributed by atoms with Crippen LogP contribution in [-0.4, -0.2) is 17.3 Å². The van der Waals surface area contributed by atoms with Crippen molar-refractivity contribution in [1.29, 1.82) is 0 Å². The fourth-order valence-electron chi connectivity index (χ4n) is 2.02. The Kier molecular flexibility index (Phi) is 3.13. The van der Waals surface area contributed by atoms with Crippen molar-refractivity contribution in [3.63, 3.8) is 0 Å². The summed E-state index contributed by atoms with van der Waals surface area (Å²) >= 11 is 0. The lowest BCUT2D eigenvalue weighted by Gasteiger charge is -2.29.